The van der Waals surface area contributed by atoms with Crippen molar-refractivity contribution in [3.63, 3.8) is 0 Å². The van der Waals surface area contributed by atoms with Crippen molar-refractivity contribution in [2.75, 3.05) is 18.0 Å². The first-order valence-corrected chi connectivity index (χ1v) is 9.96. The Morgan fingerprint density at radius 1 is 1.19 bits per heavy atom. The van der Waals surface area contributed by atoms with Crippen LogP contribution in [0.3, 0.4) is 0 Å². The average Bonchev–Trinajstić information content (AvgIpc) is 2.68. The number of rotatable bonds is 9. The van der Waals surface area contributed by atoms with Crippen LogP contribution in [0.2, 0.25) is 0 Å². The van der Waals surface area contributed by atoms with Crippen molar-refractivity contribution in [1.82, 2.24) is 5.43 Å². The number of carbonyl (C=O) groups excluding carboxylic acids is 1. The van der Waals surface area contributed by atoms with Gasteiger partial charge in [0.2, 0.25) is 0 Å². The van der Waals surface area contributed by atoms with E-state index in [0.717, 1.165) is 23.1 Å². The van der Waals surface area contributed by atoms with Crippen LogP contribution >= 0.6 is 15.9 Å². The number of carbonyl (C=O) groups is 1. The summed E-state index contributed by atoms with van der Waals surface area (Å²) in [5, 5.41) is 4.06. The highest BCUT2D eigenvalue weighted by atomic mass is 79.9. The number of ether oxygens (including phenoxy) is 1. The minimum absolute atomic E-state index is 0.270. The molecule has 27 heavy (non-hydrogen) atoms. The van der Waals surface area contributed by atoms with Crippen LogP contribution in [0.1, 0.15) is 32.8 Å². The fourth-order valence-corrected chi connectivity index (χ4v) is 3.01. The summed E-state index contributed by atoms with van der Waals surface area (Å²) in [6, 6.07) is 15.5. The summed E-state index contributed by atoms with van der Waals surface area (Å²) >= 11 is 3.39. The second-order valence-electron chi connectivity index (χ2n) is 5.97. The molecule has 1 N–H and O–H groups in total. The van der Waals surface area contributed by atoms with Gasteiger partial charge in [-0.2, -0.15) is 5.10 Å². The number of hydrazone groups is 1. The van der Waals surface area contributed by atoms with Crippen LogP contribution in [0.5, 0.6) is 5.75 Å². The monoisotopic (exact) mass is 431 g/mol. The van der Waals surface area contributed by atoms with E-state index in [-0.39, 0.29) is 5.91 Å². The molecule has 0 aliphatic carbocycles. The number of anilines is 1. The summed E-state index contributed by atoms with van der Waals surface area (Å²) in [4.78, 5) is 14.6. The summed E-state index contributed by atoms with van der Waals surface area (Å²) in [7, 11) is 0. The number of halogens is 1. The Morgan fingerprint density at radius 3 is 2.48 bits per heavy atom. The number of nitrogens with zero attached hydrogens (tertiary/aromatic N) is 2. The molecule has 0 aliphatic rings. The fourth-order valence-electron chi connectivity index (χ4n) is 2.63. The topological polar surface area (TPSA) is 53.9 Å². The van der Waals surface area contributed by atoms with Crippen LogP contribution in [0.4, 0.5) is 5.69 Å². The minimum atomic E-state index is -0.596. The first-order chi connectivity index (χ1) is 13.1. The summed E-state index contributed by atoms with van der Waals surface area (Å²) in [6.07, 6.45) is 1.59. The van der Waals surface area contributed by atoms with Gasteiger partial charge in [0.25, 0.3) is 5.91 Å². The molecule has 0 saturated carbocycles. The highest BCUT2D eigenvalue weighted by Gasteiger charge is 2.17. The lowest BCUT2D eigenvalue weighted by Crippen LogP contribution is -2.35. The molecule has 6 heteroatoms. The molecule has 1 amide bonds. The average molecular weight is 432 g/mol. The van der Waals surface area contributed by atoms with Gasteiger partial charge in [-0.1, -0.05) is 41.1 Å². The van der Waals surface area contributed by atoms with Crippen molar-refractivity contribution in [1.29, 1.82) is 0 Å². The lowest BCUT2D eigenvalue weighted by Gasteiger charge is -2.20. The van der Waals surface area contributed by atoms with Crippen LogP contribution in [0.15, 0.2) is 58.1 Å². The van der Waals surface area contributed by atoms with Crippen LogP contribution < -0.4 is 15.1 Å². The van der Waals surface area contributed by atoms with E-state index in [2.05, 4.69) is 57.3 Å². The molecule has 0 spiro atoms. The molecular formula is C21H26BrN3O2. The predicted octanol–water partition coefficient (Wildman–Crippen LogP) is 4.60. The second kappa shape index (κ2) is 10.7. The fraction of sp³-hybridized carbons (Fsp3) is 0.333. The van der Waals surface area contributed by atoms with E-state index in [4.69, 9.17) is 4.74 Å². The predicted molar refractivity (Wildman–Crippen MR) is 115 cm³/mol. The zero-order chi connectivity index (χ0) is 19.6. The molecule has 0 aliphatic heterocycles. The van der Waals surface area contributed by atoms with Crippen molar-refractivity contribution in [3.05, 3.63) is 58.6 Å². The molecule has 0 radical (unpaired) electrons. The molecule has 0 saturated heterocycles. The maximum Gasteiger partial charge on any atom is 0.281 e. The van der Waals surface area contributed by atoms with Crippen LogP contribution in [0.25, 0.3) is 0 Å². The number of hydrogen-bond donors (Lipinski definition) is 1. The van der Waals surface area contributed by atoms with Gasteiger partial charge in [-0.05, 0) is 56.2 Å². The van der Waals surface area contributed by atoms with Gasteiger partial charge in [0.15, 0.2) is 6.10 Å². The van der Waals surface area contributed by atoms with Gasteiger partial charge in [-0.3, -0.25) is 4.79 Å². The maximum absolute atomic E-state index is 12.3. The third kappa shape index (κ3) is 6.40. The molecule has 2 aromatic carbocycles. The second-order valence-corrected chi connectivity index (χ2v) is 6.89. The normalized spacial score (nSPS) is 12.0. The Hall–Kier alpha value is -2.34. The van der Waals surface area contributed by atoms with Crippen LogP contribution in [-0.2, 0) is 4.79 Å². The largest absolute Gasteiger partial charge is 0.481 e. The number of amides is 1. The molecule has 0 unspecified atom stereocenters. The van der Waals surface area contributed by atoms with Crippen LogP contribution in [-0.4, -0.2) is 31.3 Å². The molecule has 0 bridgehead atoms. The van der Waals surface area contributed by atoms with E-state index in [1.54, 1.807) is 6.21 Å². The maximum atomic E-state index is 12.3. The van der Waals surface area contributed by atoms with Crippen LogP contribution in [0, 0.1) is 0 Å². The molecule has 2 aromatic rings. The Morgan fingerprint density at radius 2 is 1.89 bits per heavy atom. The summed E-state index contributed by atoms with van der Waals surface area (Å²) in [5.74, 6) is 0.371. The molecule has 144 valence electrons. The molecule has 5 nitrogen and oxygen atoms in total. The SMILES string of the molecule is CC[C@@H](Oc1cccc(Br)c1)C(=O)NN=Cc1ccc(N(CC)CC)cc1. The van der Waals surface area contributed by atoms with Crippen molar-refractivity contribution in [2.45, 2.75) is 33.3 Å². The van der Waals surface area contributed by atoms with Gasteiger partial charge < -0.3 is 9.64 Å². The van der Waals surface area contributed by atoms with Gasteiger partial charge in [0, 0.05) is 23.2 Å². The van der Waals surface area contributed by atoms with E-state index in [0.29, 0.717) is 12.2 Å². The molecule has 0 heterocycles. The van der Waals surface area contributed by atoms with Gasteiger partial charge in [0.05, 0.1) is 6.21 Å². The first-order valence-electron chi connectivity index (χ1n) is 9.17. The number of benzene rings is 2. The van der Waals surface area contributed by atoms with Gasteiger partial charge in [0.1, 0.15) is 5.75 Å². The number of nitrogens with one attached hydrogen (secondary N) is 1. The lowest BCUT2D eigenvalue weighted by molar-refractivity contribution is -0.128. The molecule has 1 atom stereocenters. The first kappa shape index (κ1) is 21.0. The van der Waals surface area contributed by atoms with E-state index >= 15 is 0 Å². The Labute approximate surface area is 169 Å². The quantitative estimate of drug-likeness (QED) is 0.466. The molecule has 0 aromatic heterocycles. The van der Waals surface area contributed by atoms with E-state index in [1.165, 1.54) is 5.69 Å². The Bertz CT molecular complexity index is 758. The lowest BCUT2D eigenvalue weighted by atomic mass is 10.2. The highest BCUT2D eigenvalue weighted by Crippen LogP contribution is 2.19. The van der Waals surface area contributed by atoms with E-state index in [1.807, 2.05) is 43.3 Å². The van der Waals surface area contributed by atoms with Gasteiger partial charge >= 0.3 is 0 Å². The van der Waals surface area contributed by atoms with E-state index in [9.17, 15) is 4.79 Å². The standard InChI is InChI=1S/C21H26BrN3O2/c1-4-20(27-19-9-7-8-17(22)14-19)21(26)24-23-15-16-10-12-18(13-11-16)25(5-2)6-3/h7-15,20H,4-6H2,1-3H3,(H,24,26)/t20-/m1/s1. The summed E-state index contributed by atoms with van der Waals surface area (Å²) in [6.45, 7) is 8.11. The molecule has 2 rings (SSSR count). The number of hydrogen-bond acceptors (Lipinski definition) is 4. The highest BCUT2D eigenvalue weighted by molar-refractivity contribution is 9.10. The third-order valence-corrected chi connectivity index (χ3v) is 4.64. The summed E-state index contributed by atoms with van der Waals surface area (Å²) < 4.78 is 6.66. The third-order valence-electron chi connectivity index (χ3n) is 4.15. The van der Waals surface area contributed by atoms with Crippen molar-refractivity contribution < 1.29 is 9.53 Å². The van der Waals surface area contributed by atoms with Crippen molar-refractivity contribution in [2.24, 2.45) is 5.10 Å². The summed E-state index contributed by atoms with van der Waals surface area (Å²) in [5.41, 5.74) is 4.66. The van der Waals surface area contributed by atoms with Gasteiger partial charge in [-0.15, -0.1) is 0 Å². The van der Waals surface area contributed by atoms with Crippen molar-refractivity contribution in [3.8, 4) is 5.75 Å². The minimum Gasteiger partial charge on any atom is -0.481 e. The zero-order valence-electron chi connectivity index (χ0n) is 16.0. The van der Waals surface area contributed by atoms with Gasteiger partial charge in [-0.25, -0.2) is 5.43 Å². The smallest absolute Gasteiger partial charge is 0.281 e. The Kier molecular flexibility index (Phi) is 8.33. The Balaban J connectivity index is 1.92. The molecule has 0 fully saturated rings. The van der Waals surface area contributed by atoms with Crippen molar-refractivity contribution >= 4 is 33.7 Å². The molecular weight excluding hydrogens is 406 g/mol. The zero-order valence-corrected chi connectivity index (χ0v) is 17.6. The van der Waals surface area contributed by atoms with E-state index < -0.39 is 6.10 Å².